The largest absolute Gasteiger partial charge is 0.309 e. The number of hydrogen-bond acceptors (Lipinski definition) is 0. The van der Waals surface area contributed by atoms with E-state index in [0.717, 1.165) is 12.8 Å². The predicted molar refractivity (Wildman–Crippen MR) is 193 cm³/mol. The first kappa shape index (κ1) is 25.5. The molecule has 0 bridgehead atoms. The molecule has 2 aromatic heterocycles. The highest BCUT2D eigenvalue weighted by Gasteiger charge is 2.26. The lowest BCUT2D eigenvalue weighted by atomic mass is 9.89. The number of aromatic nitrogens is 2. The maximum Gasteiger partial charge on any atom is 0.0616 e. The highest BCUT2D eigenvalue weighted by atomic mass is 15.0. The van der Waals surface area contributed by atoms with Crippen LogP contribution in [0, 0.1) is 0 Å². The number of fused-ring (bicyclic) bond motifs is 10. The van der Waals surface area contributed by atoms with E-state index in [1.807, 2.05) is 0 Å². The molecule has 0 amide bonds. The fourth-order valence-corrected chi connectivity index (χ4v) is 7.95. The molecule has 0 aliphatic heterocycles. The van der Waals surface area contributed by atoms with E-state index in [4.69, 9.17) is 0 Å². The minimum atomic E-state index is 1.05. The van der Waals surface area contributed by atoms with Gasteiger partial charge in [0.25, 0.3) is 0 Å². The van der Waals surface area contributed by atoms with E-state index < -0.39 is 0 Å². The summed E-state index contributed by atoms with van der Waals surface area (Å²) < 4.78 is 4.98. The average molecular weight is 587 g/mol. The third-order valence-corrected chi connectivity index (χ3v) is 10.0. The van der Waals surface area contributed by atoms with Crippen molar-refractivity contribution in [1.82, 2.24) is 9.13 Å². The molecule has 216 valence electrons. The maximum absolute atomic E-state index is 2.57. The van der Waals surface area contributed by atoms with Gasteiger partial charge in [0, 0.05) is 38.5 Å². The van der Waals surface area contributed by atoms with Crippen LogP contribution in [0.25, 0.3) is 77.2 Å². The minimum Gasteiger partial charge on any atom is -0.309 e. The van der Waals surface area contributed by atoms with Crippen LogP contribution in [-0.4, -0.2) is 9.13 Å². The van der Waals surface area contributed by atoms with Crippen LogP contribution in [0.15, 0.2) is 158 Å². The lowest BCUT2D eigenvalue weighted by Crippen LogP contribution is -2.06. The number of para-hydroxylation sites is 1. The van der Waals surface area contributed by atoms with Gasteiger partial charge in [0.2, 0.25) is 0 Å². The van der Waals surface area contributed by atoms with Gasteiger partial charge in [-0.1, -0.05) is 115 Å². The third-order valence-electron chi connectivity index (χ3n) is 10.0. The Hall–Kier alpha value is -5.86. The van der Waals surface area contributed by atoms with Gasteiger partial charge in [0.15, 0.2) is 0 Å². The van der Waals surface area contributed by atoms with Crippen LogP contribution in [0.2, 0.25) is 0 Å². The molecule has 0 fully saturated rings. The van der Waals surface area contributed by atoms with Crippen LogP contribution < -0.4 is 0 Å². The standard InChI is InChI=1S/C44H30N2/c1-3-11-29(12-4-1)32-21-25-41-39(27-32)40-28-34(22-26-42(40)45(41)33-15-5-2-6-16-33)46-43-35-17-9-7-13-30(35)19-23-37(43)38-24-20-31-14-8-10-18-36(31)44(38)46/h1-19,21-23,25-28H,20,24H2. The monoisotopic (exact) mass is 586 g/mol. The zero-order chi connectivity index (χ0) is 30.2. The average Bonchev–Trinajstić information content (AvgIpc) is 3.65. The Labute approximate surface area is 267 Å². The number of hydrogen-bond donors (Lipinski definition) is 0. The molecule has 10 rings (SSSR count). The van der Waals surface area contributed by atoms with Crippen LogP contribution in [-0.2, 0) is 12.8 Å². The second-order valence-electron chi connectivity index (χ2n) is 12.5. The molecule has 0 radical (unpaired) electrons. The van der Waals surface area contributed by atoms with Crippen LogP contribution in [0.1, 0.15) is 11.1 Å². The normalized spacial score (nSPS) is 12.6. The van der Waals surface area contributed by atoms with Crippen LogP contribution in [0.3, 0.4) is 0 Å². The zero-order valence-corrected chi connectivity index (χ0v) is 25.3. The lowest BCUT2D eigenvalue weighted by Gasteiger charge is -2.20. The number of benzene rings is 7. The quantitative estimate of drug-likeness (QED) is 0.195. The molecular weight excluding hydrogens is 556 g/mol. The zero-order valence-electron chi connectivity index (χ0n) is 25.3. The van der Waals surface area contributed by atoms with Gasteiger partial charge < -0.3 is 9.13 Å². The number of rotatable bonds is 3. The lowest BCUT2D eigenvalue weighted by molar-refractivity contribution is 0.934. The van der Waals surface area contributed by atoms with Crippen molar-refractivity contribution in [2.45, 2.75) is 12.8 Å². The molecule has 2 heteroatoms. The fourth-order valence-electron chi connectivity index (χ4n) is 7.95. The Morgan fingerprint density at radius 1 is 0.413 bits per heavy atom. The summed E-state index contributed by atoms with van der Waals surface area (Å²) in [5.41, 5.74) is 14.1. The van der Waals surface area contributed by atoms with Crippen molar-refractivity contribution in [2.75, 3.05) is 0 Å². The first-order chi connectivity index (χ1) is 22.8. The first-order valence-corrected chi connectivity index (χ1v) is 16.2. The van der Waals surface area contributed by atoms with Gasteiger partial charge in [-0.25, -0.2) is 0 Å². The van der Waals surface area contributed by atoms with Crippen LogP contribution >= 0.6 is 0 Å². The Balaban J connectivity index is 1.33. The van der Waals surface area contributed by atoms with Crippen molar-refractivity contribution in [3.63, 3.8) is 0 Å². The molecule has 7 aromatic carbocycles. The van der Waals surface area contributed by atoms with Gasteiger partial charge in [-0.15, -0.1) is 0 Å². The Kier molecular flexibility index (Phi) is 5.44. The van der Waals surface area contributed by atoms with Gasteiger partial charge in [0.05, 0.1) is 22.2 Å². The van der Waals surface area contributed by atoms with Gasteiger partial charge in [-0.05, 0) is 82.9 Å². The SMILES string of the molecule is c1ccc(-c2ccc3c(c2)c2cc(-n4c5c(c6ccc7ccccc7c64)CCc4ccccc4-5)ccc2n3-c2ccccc2)cc1. The van der Waals surface area contributed by atoms with E-state index in [2.05, 4.69) is 167 Å². The summed E-state index contributed by atoms with van der Waals surface area (Å²) in [5.74, 6) is 0. The van der Waals surface area contributed by atoms with E-state index in [-0.39, 0.29) is 0 Å². The van der Waals surface area contributed by atoms with Crippen LogP contribution in [0.4, 0.5) is 0 Å². The third kappa shape index (κ3) is 3.64. The van der Waals surface area contributed by atoms with Crippen molar-refractivity contribution in [3.8, 4) is 33.8 Å². The molecule has 2 nitrogen and oxygen atoms in total. The molecule has 0 spiro atoms. The molecule has 2 heterocycles. The smallest absolute Gasteiger partial charge is 0.0616 e. The Morgan fingerprint density at radius 2 is 1.13 bits per heavy atom. The summed E-state index contributed by atoms with van der Waals surface area (Å²) in [6.07, 6.45) is 2.12. The molecule has 9 aromatic rings. The molecule has 0 unspecified atom stereocenters. The van der Waals surface area contributed by atoms with Gasteiger partial charge >= 0.3 is 0 Å². The Bertz CT molecular complexity index is 2620. The molecule has 0 atom stereocenters. The summed E-state index contributed by atoms with van der Waals surface area (Å²) in [7, 11) is 0. The molecule has 0 N–H and O–H groups in total. The van der Waals surface area contributed by atoms with Crippen molar-refractivity contribution in [3.05, 3.63) is 169 Å². The molecule has 1 aliphatic carbocycles. The molecular formula is C44H30N2. The predicted octanol–water partition coefficient (Wildman–Crippen LogP) is 11.3. The van der Waals surface area contributed by atoms with Crippen LogP contribution in [0.5, 0.6) is 0 Å². The fraction of sp³-hybridized carbons (Fsp3) is 0.0455. The Morgan fingerprint density at radius 3 is 2.00 bits per heavy atom. The summed E-state index contributed by atoms with van der Waals surface area (Å²) in [6, 6.07) is 58.0. The highest BCUT2D eigenvalue weighted by molar-refractivity contribution is 6.13. The van der Waals surface area contributed by atoms with Crippen molar-refractivity contribution in [1.29, 1.82) is 0 Å². The van der Waals surface area contributed by atoms with Crippen molar-refractivity contribution in [2.24, 2.45) is 0 Å². The topological polar surface area (TPSA) is 9.86 Å². The summed E-state index contributed by atoms with van der Waals surface area (Å²) >= 11 is 0. The second-order valence-corrected chi connectivity index (χ2v) is 12.5. The van der Waals surface area contributed by atoms with Gasteiger partial charge in [-0.3, -0.25) is 0 Å². The van der Waals surface area contributed by atoms with Crippen molar-refractivity contribution < 1.29 is 0 Å². The van der Waals surface area contributed by atoms with E-state index in [1.165, 1.54) is 88.4 Å². The number of nitrogens with zero attached hydrogens (tertiary/aromatic N) is 2. The van der Waals surface area contributed by atoms with E-state index in [0.29, 0.717) is 0 Å². The number of aryl methyl sites for hydroxylation is 2. The highest BCUT2D eigenvalue weighted by Crippen LogP contribution is 2.45. The van der Waals surface area contributed by atoms with Gasteiger partial charge in [-0.2, -0.15) is 0 Å². The van der Waals surface area contributed by atoms with E-state index in [1.54, 1.807) is 0 Å². The van der Waals surface area contributed by atoms with E-state index in [9.17, 15) is 0 Å². The first-order valence-electron chi connectivity index (χ1n) is 16.2. The molecule has 0 saturated heterocycles. The summed E-state index contributed by atoms with van der Waals surface area (Å²) in [6.45, 7) is 0. The second kappa shape index (κ2) is 9.82. The molecule has 0 saturated carbocycles. The van der Waals surface area contributed by atoms with E-state index >= 15 is 0 Å². The minimum absolute atomic E-state index is 1.05. The molecule has 46 heavy (non-hydrogen) atoms. The molecule has 1 aliphatic rings. The maximum atomic E-state index is 2.57. The summed E-state index contributed by atoms with van der Waals surface area (Å²) in [4.78, 5) is 0. The summed E-state index contributed by atoms with van der Waals surface area (Å²) in [5, 5.41) is 6.45. The van der Waals surface area contributed by atoms with Crippen molar-refractivity contribution >= 4 is 43.5 Å². The van der Waals surface area contributed by atoms with Gasteiger partial charge in [0.1, 0.15) is 0 Å².